The fraction of sp³-hybridized carbons (Fsp3) is 0.545. The topological polar surface area (TPSA) is 80.1 Å². The molecule has 0 aliphatic rings. The summed E-state index contributed by atoms with van der Waals surface area (Å²) in [6.07, 6.45) is 3.72. The van der Waals surface area contributed by atoms with Gasteiger partial charge in [0.1, 0.15) is 0 Å². The third kappa shape index (κ3) is 4.30. The Morgan fingerprint density at radius 2 is 2.50 bits per heavy atom. The summed E-state index contributed by atoms with van der Waals surface area (Å²) >= 11 is 1.80. The van der Waals surface area contributed by atoms with Crippen LogP contribution in [0.2, 0.25) is 0 Å². The SMILES string of the molecule is CN=C(NCCSCc1nc[nH]c1C)N(C)C#N. The molecule has 0 aromatic carbocycles. The number of aromatic amines is 1. The Morgan fingerprint density at radius 1 is 1.72 bits per heavy atom. The predicted octanol–water partition coefficient (Wildman–Crippen LogP) is 0.940. The van der Waals surface area contributed by atoms with Gasteiger partial charge in [-0.15, -0.1) is 0 Å². The Bertz CT molecular complexity index is 433. The zero-order chi connectivity index (χ0) is 13.4. The lowest BCUT2D eigenvalue weighted by atomic mass is 10.4. The zero-order valence-electron chi connectivity index (χ0n) is 10.9. The number of nitrogens with zero attached hydrogens (tertiary/aromatic N) is 4. The van der Waals surface area contributed by atoms with Gasteiger partial charge in [0, 0.05) is 37.8 Å². The molecule has 1 rings (SSSR count). The van der Waals surface area contributed by atoms with E-state index in [4.69, 9.17) is 5.26 Å². The number of thioether (sulfide) groups is 1. The van der Waals surface area contributed by atoms with E-state index in [0.717, 1.165) is 29.4 Å². The van der Waals surface area contributed by atoms with Gasteiger partial charge in [0.15, 0.2) is 6.19 Å². The highest BCUT2D eigenvalue weighted by Gasteiger charge is 2.04. The van der Waals surface area contributed by atoms with Crippen LogP contribution in [0, 0.1) is 18.4 Å². The van der Waals surface area contributed by atoms with Crippen LogP contribution in [0.1, 0.15) is 11.4 Å². The van der Waals surface area contributed by atoms with Crippen molar-refractivity contribution in [1.29, 1.82) is 5.26 Å². The van der Waals surface area contributed by atoms with Gasteiger partial charge >= 0.3 is 0 Å². The molecular formula is C11H18N6S. The van der Waals surface area contributed by atoms with Gasteiger partial charge in [0.25, 0.3) is 0 Å². The van der Waals surface area contributed by atoms with Crippen LogP contribution in [0.15, 0.2) is 11.3 Å². The van der Waals surface area contributed by atoms with Crippen molar-refractivity contribution in [1.82, 2.24) is 20.2 Å². The van der Waals surface area contributed by atoms with Crippen LogP contribution in [0.5, 0.6) is 0 Å². The van der Waals surface area contributed by atoms with Crippen molar-refractivity contribution in [3.8, 4) is 6.19 Å². The molecule has 0 bridgehead atoms. The smallest absolute Gasteiger partial charge is 0.206 e. The molecule has 7 heteroatoms. The van der Waals surface area contributed by atoms with E-state index < -0.39 is 0 Å². The van der Waals surface area contributed by atoms with Gasteiger partial charge < -0.3 is 10.3 Å². The lowest BCUT2D eigenvalue weighted by Crippen LogP contribution is -2.37. The number of aliphatic imine (C=N–C) groups is 1. The quantitative estimate of drug-likeness (QED) is 0.272. The van der Waals surface area contributed by atoms with Crippen LogP contribution in [0.25, 0.3) is 0 Å². The first-order valence-corrected chi connectivity index (χ1v) is 6.75. The highest BCUT2D eigenvalue weighted by Crippen LogP contribution is 2.11. The Balaban J connectivity index is 2.20. The first kappa shape index (κ1) is 14.4. The molecule has 1 heterocycles. The Kier molecular flexibility index (Phi) is 6.08. The first-order chi connectivity index (χ1) is 8.69. The molecule has 0 radical (unpaired) electrons. The molecule has 1 aromatic rings. The van der Waals surface area contributed by atoms with Crippen molar-refractivity contribution in [3.63, 3.8) is 0 Å². The van der Waals surface area contributed by atoms with Gasteiger partial charge in [0.05, 0.1) is 12.0 Å². The maximum absolute atomic E-state index is 8.73. The number of guanidine groups is 1. The van der Waals surface area contributed by atoms with Crippen molar-refractivity contribution < 1.29 is 0 Å². The number of H-pyrrole nitrogens is 1. The summed E-state index contributed by atoms with van der Waals surface area (Å²) in [6.45, 7) is 2.79. The van der Waals surface area contributed by atoms with Crippen molar-refractivity contribution in [3.05, 3.63) is 17.7 Å². The Morgan fingerprint density at radius 3 is 3.06 bits per heavy atom. The average Bonchev–Trinajstić information content (AvgIpc) is 2.78. The maximum atomic E-state index is 8.73. The monoisotopic (exact) mass is 266 g/mol. The molecule has 6 nitrogen and oxygen atoms in total. The second-order valence-electron chi connectivity index (χ2n) is 3.66. The van der Waals surface area contributed by atoms with Crippen LogP contribution in [-0.4, -0.2) is 47.2 Å². The predicted molar refractivity (Wildman–Crippen MR) is 74.2 cm³/mol. The van der Waals surface area contributed by atoms with E-state index in [0.29, 0.717) is 5.96 Å². The molecular weight excluding hydrogens is 248 g/mol. The maximum Gasteiger partial charge on any atom is 0.206 e. The van der Waals surface area contributed by atoms with Crippen molar-refractivity contribution in [2.75, 3.05) is 26.4 Å². The molecule has 0 fully saturated rings. The second-order valence-corrected chi connectivity index (χ2v) is 4.76. The molecule has 0 saturated carbocycles. The fourth-order valence-corrected chi connectivity index (χ4v) is 2.21. The molecule has 98 valence electrons. The van der Waals surface area contributed by atoms with E-state index in [1.807, 2.05) is 13.1 Å². The molecule has 0 saturated heterocycles. The molecule has 0 spiro atoms. The summed E-state index contributed by atoms with van der Waals surface area (Å²) in [5.41, 5.74) is 2.22. The van der Waals surface area contributed by atoms with E-state index in [-0.39, 0.29) is 0 Å². The van der Waals surface area contributed by atoms with Gasteiger partial charge in [-0.1, -0.05) is 0 Å². The molecule has 0 aliphatic heterocycles. The summed E-state index contributed by atoms with van der Waals surface area (Å²) in [6, 6.07) is 0. The standard InChI is InChI=1S/C11H18N6S/c1-9-10(16-8-15-9)6-18-5-4-14-11(13-2)17(3)7-12/h8H,4-6H2,1-3H3,(H,13,14)(H,15,16). The Labute approximate surface area is 112 Å². The normalized spacial score (nSPS) is 11.1. The number of aryl methyl sites for hydroxylation is 1. The second kappa shape index (κ2) is 7.61. The van der Waals surface area contributed by atoms with Gasteiger partial charge in [-0.05, 0) is 6.92 Å². The van der Waals surface area contributed by atoms with Gasteiger partial charge in [-0.2, -0.15) is 17.0 Å². The van der Waals surface area contributed by atoms with Crippen LogP contribution in [0.4, 0.5) is 0 Å². The number of hydrogen-bond acceptors (Lipinski definition) is 4. The van der Waals surface area contributed by atoms with Crippen LogP contribution < -0.4 is 5.32 Å². The molecule has 0 atom stereocenters. The van der Waals surface area contributed by atoms with Crippen LogP contribution in [0.3, 0.4) is 0 Å². The lowest BCUT2D eigenvalue weighted by Gasteiger charge is -2.13. The lowest BCUT2D eigenvalue weighted by molar-refractivity contribution is 0.663. The molecule has 0 unspecified atom stereocenters. The number of hydrogen-bond donors (Lipinski definition) is 2. The third-order valence-electron chi connectivity index (χ3n) is 2.38. The summed E-state index contributed by atoms with van der Waals surface area (Å²) in [5.74, 6) is 2.42. The summed E-state index contributed by atoms with van der Waals surface area (Å²) in [5, 5.41) is 11.9. The van der Waals surface area contributed by atoms with Crippen LogP contribution in [-0.2, 0) is 5.75 Å². The molecule has 1 aromatic heterocycles. The average molecular weight is 266 g/mol. The molecule has 0 amide bonds. The minimum absolute atomic E-state index is 0.592. The van der Waals surface area contributed by atoms with Crippen LogP contribution >= 0.6 is 11.8 Å². The first-order valence-electron chi connectivity index (χ1n) is 5.59. The summed E-state index contributed by atoms with van der Waals surface area (Å²) < 4.78 is 0. The van der Waals surface area contributed by atoms with Gasteiger partial charge in [-0.25, -0.2) is 4.98 Å². The van der Waals surface area contributed by atoms with Crippen molar-refractivity contribution in [2.45, 2.75) is 12.7 Å². The zero-order valence-corrected chi connectivity index (χ0v) is 11.7. The number of nitriles is 1. The highest BCUT2D eigenvalue weighted by molar-refractivity contribution is 7.98. The summed E-state index contributed by atoms with van der Waals surface area (Å²) in [7, 11) is 3.34. The van der Waals surface area contributed by atoms with E-state index in [1.165, 1.54) is 4.90 Å². The van der Waals surface area contributed by atoms with Gasteiger partial charge in [-0.3, -0.25) is 9.89 Å². The van der Waals surface area contributed by atoms with E-state index in [1.54, 1.807) is 32.2 Å². The fourth-order valence-electron chi connectivity index (χ4n) is 1.33. The third-order valence-corrected chi connectivity index (χ3v) is 3.35. The van der Waals surface area contributed by atoms with E-state index in [2.05, 4.69) is 20.3 Å². The van der Waals surface area contributed by atoms with E-state index in [9.17, 15) is 0 Å². The number of aromatic nitrogens is 2. The molecule has 2 N–H and O–H groups in total. The minimum atomic E-state index is 0.592. The van der Waals surface area contributed by atoms with Crippen molar-refractivity contribution in [2.24, 2.45) is 4.99 Å². The largest absolute Gasteiger partial charge is 0.355 e. The molecule has 0 aliphatic carbocycles. The summed E-state index contributed by atoms with van der Waals surface area (Å²) in [4.78, 5) is 12.7. The Hall–Kier alpha value is -1.68. The number of imidazole rings is 1. The van der Waals surface area contributed by atoms with E-state index >= 15 is 0 Å². The minimum Gasteiger partial charge on any atom is -0.355 e. The number of rotatable bonds is 5. The van der Waals surface area contributed by atoms with Gasteiger partial charge in [0.2, 0.25) is 5.96 Å². The highest BCUT2D eigenvalue weighted by atomic mass is 32.2. The molecule has 18 heavy (non-hydrogen) atoms. The number of nitrogens with one attached hydrogen (secondary N) is 2. The van der Waals surface area contributed by atoms with Crippen molar-refractivity contribution >= 4 is 17.7 Å².